The number of nitrogens with zero attached hydrogens (tertiary/aromatic N) is 1. The molecule has 1 aromatic heterocycles. The number of aliphatic hydroxyl groups excluding tert-OH is 1. The fourth-order valence-corrected chi connectivity index (χ4v) is 1.13. The normalized spacial score (nSPS) is 11.4. The van der Waals surface area contributed by atoms with Crippen LogP contribution < -0.4 is 11.1 Å². The Kier molecular flexibility index (Phi) is 3.18. The molecule has 0 amide bonds. The van der Waals surface area contributed by atoms with Gasteiger partial charge in [0.15, 0.2) is 0 Å². The lowest BCUT2D eigenvalue weighted by atomic mass is 10.1. The summed E-state index contributed by atoms with van der Waals surface area (Å²) in [5, 5.41) is 12.5. The lowest BCUT2D eigenvalue weighted by molar-refractivity contribution is 0.234. The Balaban J connectivity index is 2.87. The number of aliphatic hydroxyl groups is 1. The molecule has 0 fully saturated rings. The summed E-state index contributed by atoms with van der Waals surface area (Å²) in [4.78, 5) is 4.03. The quantitative estimate of drug-likeness (QED) is 0.715. The summed E-state index contributed by atoms with van der Waals surface area (Å²) in [6.45, 7) is 3.69. The average molecular weight is 216 g/mol. The summed E-state index contributed by atoms with van der Waals surface area (Å²) >= 11 is 5.91. The Morgan fingerprint density at radius 3 is 2.79 bits per heavy atom. The maximum absolute atomic E-state index is 9.04. The van der Waals surface area contributed by atoms with E-state index in [9.17, 15) is 0 Å². The molecule has 0 saturated heterocycles. The fraction of sp³-hybridized carbons (Fsp3) is 0.444. The number of pyridine rings is 1. The van der Waals surface area contributed by atoms with Crippen molar-refractivity contribution in [3.63, 3.8) is 0 Å². The number of nitrogen functional groups attached to an aromatic ring is 1. The van der Waals surface area contributed by atoms with E-state index in [1.54, 1.807) is 6.07 Å². The molecule has 0 radical (unpaired) electrons. The molecule has 4 nitrogen and oxygen atoms in total. The maximum atomic E-state index is 9.04. The minimum atomic E-state index is -0.452. The molecule has 1 rings (SSSR count). The van der Waals surface area contributed by atoms with E-state index in [1.165, 1.54) is 6.20 Å². The zero-order valence-electron chi connectivity index (χ0n) is 8.21. The van der Waals surface area contributed by atoms with Crippen molar-refractivity contribution in [1.29, 1.82) is 0 Å². The number of nitrogens with two attached hydrogens (primary N) is 1. The summed E-state index contributed by atoms with van der Waals surface area (Å²) in [6.07, 6.45) is 1.52. The lowest BCUT2D eigenvalue weighted by Gasteiger charge is -2.24. The van der Waals surface area contributed by atoms with Crippen molar-refractivity contribution in [3.8, 4) is 0 Å². The van der Waals surface area contributed by atoms with Gasteiger partial charge in [0.25, 0.3) is 0 Å². The van der Waals surface area contributed by atoms with Crippen LogP contribution in [0.4, 0.5) is 11.5 Å². The van der Waals surface area contributed by atoms with Gasteiger partial charge in [0.2, 0.25) is 0 Å². The van der Waals surface area contributed by atoms with Gasteiger partial charge in [0.1, 0.15) is 5.82 Å². The molecular formula is C9H14ClN3O. The first-order valence-corrected chi connectivity index (χ1v) is 4.62. The fourth-order valence-electron chi connectivity index (χ4n) is 0.905. The van der Waals surface area contributed by atoms with Crippen molar-refractivity contribution >= 4 is 23.1 Å². The molecule has 0 saturated carbocycles. The molecule has 5 heteroatoms. The van der Waals surface area contributed by atoms with Crippen LogP contribution in [0.5, 0.6) is 0 Å². The maximum Gasteiger partial charge on any atom is 0.145 e. The van der Waals surface area contributed by atoms with E-state index in [1.807, 2.05) is 13.8 Å². The van der Waals surface area contributed by atoms with Gasteiger partial charge in [-0.15, -0.1) is 0 Å². The number of rotatable bonds is 3. The SMILES string of the molecule is CC(C)(CO)Nc1ncc(N)cc1Cl. The van der Waals surface area contributed by atoms with E-state index in [4.69, 9.17) is 22.4 Å². The minimum absolute atomic E-state index is 0.00458. The second kappa shape index (κ2) is 4.02. The first-order valence-electron chi connectivity index (χ1n) is 4.25. The largest absolute Gasteiger partial charge is 0.397 e. The predicted octanol–water partition coefficient (Wildman–Crippen LogP) is 1.50. The first-order chi connectivity index (χ1) is 6.44. The summed E-state index contributed by atoms with van der Waals surface area (Å²) in [7, 11) is 0. The molecule has 0 spiro atoms. The zero-order chi connectivity index (χ0) is 10.8. The van der Waals surface area contributed by atoms with Crippen molar-refractivity contribution < 1.29 is 5.11 Å². The Morgan fingerprint density at radius 2 is 2.29 bits per heavy atom. The van der Waals surface area contributed by atoms with Gasteiger partial charge in [-0.25, -0.2) is 4.98 Å². The third kappa shape index (κ3) is 2.75. The van der Waals surface area contributed by atoms with Gasteiger partial charge in [0.05, 0.1) is 29.1 Å². The van der Waals surface area contributed by atoms with Gasteiger partial charge >= 0.3 is 0 Å². The number of hydrogen-bond acceptors (Lipinski definition) is 4. The van der Waals surface area contributed by atoms with Gasteiger partial charge < -0.3 is 16.2 Å². The molecule has 0 aliphatic rings. The standard InChI is InChI=1S/C9H14ClN3O/c1-9(2,5-14)13-8-7(10)3-6(11)4-12-8/h3-4,14H,5,11H2,1-2H3,(H,12,13). The van der Waals surface area contributed by atoms with Crippen LogP contribution in [0.2, 0.25) is 5.02 Å². The smallest absolute Gasteiger partial charge is 0.145 e. The first kappa shape index (κ1) is 11.1. The molecule has 0 aromatic carbocycles. The summed E-state index contributed by atoms with van der Waals surface area (Å²) < 4.78 is 0. The van der Waals surface area contributed by atoms with Gasteiger partial charge in [-0.3, -0.25) is 0 Å². The molecule has 78 valence electrons. The number of hydrogen-bond donors (Lipinski definition) is 3. The number of anilines is 2. The summed E-state index contributed by atoms with van der Waals surface area (Å²) in [5.41, 5.74) is 5.56. The van der Waals surface area contributed by atoms with Gasteiger partial charge in [-0.1, -0.05) is 11.6 Å². The van der Waals surface area contributed by atoms with Crippen LogP contribution in [-0.2, 0) is 0 Å². The molecule has 14 heavy (non-hydrogen) atoms. The van der Waals surface area contributed by atoms with Crippen molar-refractivity contribution in [2.24, 2.45) is 0 Å². The monoisotopic (exact) mass is 215 g/mol. The molecule has 1 aromatic rings. The molecule has 0 unspecified atom stereocenters. The van der Waals surface area contributed by atoms with Crippen molar-refractivity contribution in [2.45, 2.75) is 19.4 Å². The van der Waals surface area contributed by atoms with Crippen molar-refractivity contribution in [2.75, 3.05) is 17.7 Å². The summed E-state index contributed by atoms with van der Waals surface area (Å²) in [6, 6.07) is 1.62. The van der Waals surface area contributed by atoms with Crippen LogP contribution in [0.15, 0.2) is 12.3 Å². The van der Waals surface area contributed by atoms with Gasteiger partial charge in [-0.05, 0) is 19.9 Å². The highest BCUT2D eigenvalue weighted by Crippen LogP contribution is 2.23. The predicted molar refractivity (Wildman–Crippen MR) is 58.4 cm³/mol. The van der Waals surface area contributed by atoms with E-state index in [0.29, 0.717) is 16.5 Å². The van der Waals surface area contributed by atoms with Crippen LogP contribution in [0.25, 0.3) is 0 Å². The molecule has 4 N–H and O–H groups in total. The zero-order valence-corrected chi connectivity index (χ0v) is 8.97. The highest BCUT2D eigenvalue weighted by molar-refractivity contribution is 6.33. The van der Waals surface area contributed by atoms with Crippen molar-refractivity contribution in [3.05, 3.63) is 17.3 Å². The topological polar surface area (TPSA) is 71.2 Å². The summed E-state index contributed by atoms with van der Waals surface area (Å²) in [5.74, 6) is 0.528. The second-order valence-electron chi connectivity index (χ2n) is 3.77. The van der Waals surface area contributed by atoms with Gasteiger partial charge in [-0.2, -0.15) is 0 Å². The molecule has 1 heterocycles. The minimum Gasteiger partial charge on any atom is -0.397 e. The Hall–Kier alpha value is -1.00. The van der Waals surface area contributed by atoms with E-state index < -0.39 is 5.54 Å². The number of halogens is 1. The van der Waals surface area contributed by atoms with E-state index >= 15 is 0 Å². The lowest BCUT2D eigenvalue weighted by Crippen LogP contribution is -2.35. The highest BCUT2D eigenvalue weighted by Gasteiger charge is 2.17. The molecule has 0 atom stereocenters. The molecule has 0 aliphatic heterocycles. The number of aromatic nitrogens is 1. The molecule has 0 aliphatic carbocycles. The second-order valence-corrected chi connectivity index (χ2v) is 4.17. The Labute approximate surface area is 88.1 Å². The Morgan fingerprint density at radius 1 is 1.64 bits per heavy atom. The number of nitrogens with one attached hydrogen (secondary N) is 1. The third-order valence-electron chi connectivity index (χ3n) is 1.71. The van der Waals surface area contributed by atoms with Gasteiger partial charge in [0, 0.05) is 0 Å². The Bertz CT molecular complexity index is 328. The van der Waals surface area contributed by atoms with Crippen LogP contribution in [0.1, 0.15) is 13.8 Å². The molecular weight excluding hydrogens is 202 g/mol. The van der Waals surface area contributed by atoms with Crippen LogP contribution in [0.3, 0.4) is 0 Å². The van der Waals surface area contributed by atoms with E-state index in [-0.39, 0.29) is 6.61 Å². The third-order valence-corrected chi connectivity index (χ3v) is 2.00. The molecule has 0 bridgehead atoms. The van der Waals surface area contributed by atoms with Crippen LogP contribution in [-0.4, -0.2) is 22.2 Å². The van der Waals surface area contributed by atoms with Crippen LogP contribution in [0, 0.1) is 0 Å². The van der Waals surface area contributed by atoms with Crippen molar-refractivity contribution in [1.82, 2.24) is 4.98 Å². The highest BCUT2D eigenvalue weighted by atomic mass is 35.5. The van der Waals surface area contributed by atoms with Crippen LogP contribution >= 0.6 is 11.6 Å². The van der Waals surface area contributed by atoms with E-state index in [0.717, 1.165) is 0 Å². The average Bonchev–Trinajstić information content (AvgIpc) is 2.10. The van der Waals surface area contributed by atoms with E-state index in [2.05, 4.69) is 10.3 Å².